The summed E-state index contributed by atoms with van der Waals surface area (Å²) >= 11 is 0. The molecule has 5 aromatic carbocycles. The normalized spacial score (nSPS) is 18.1. The van der Waals surface area contributed by atoms with Gasteiger partial charge >= 0.3 is 0 Å². The van der Waals surface area contributed by atoms with Gasteiger partial charge in [0.05, 0.1) is 56.0 Å². The first-order valence-corrected chi connectivity index (χ1v) is 19.0. The average molecular weight is 672 g/mol. The molecule has 0 radical (unpaired) electrons. The molecule has 0 bridgehead atoms. The van der Waals surface area contributed by atoms with Gasteiger partial charge in [0.15, 0.2) is 0 Å². The number of fused-ring (bicyclic) bond motifs is 12. The average Bonchev–Trinajstić information content (AvgIpc) is 3.91. The van der Waals surface area contributed by atoms with Crippen LogP contribution in [0.15, 0.2) is 115 Å². The number of imidazole rings is 4. The minimum atomic E-state index is -3.69. The fraction of sp³-hybridized carbons (Fsp3) is 0.0976. The maximum absolute atomic E-state index is 9.16. The summed E-state index contributed by atoms with van der Waals surface area (Å²) in [5.74, 6) is 1.94. The minimum absolute atomic E-state index is 0.168. The Morgan fingerprint density at radius 2 is 1.20 bits per heavy atom. The summed E-state index contributed by atoms with van der Waals surface area (Å²) in [6.07, 6.45) is 1.73. The lowest BCUT2D eigenvalue weighted by Gasteiger charge is -2.32. The van der Waals surface area contributed by atoms with Crippen molar-refractivity contribution in [3.63, 3.8) is 0 Å². The van der Waals surface area contributed by atoms with Crippen LogP contribution in [-0.4, -0.2) is 41.0 Å². The quantitative estimate of drug-likeness (QED) is 0.174. The smallest absolute Gasteiger partial charge is 0.220 e. The lowest BCUT2D eigenvalue weighted by molar-refractivity contribution is 0.467. The molecule has 6 heterocycles. The van der Waals surface area contributed by atoms with E-state index in [-0.39, 0.29) is 11.4 Å². The summed E-state index contributed by atoms with van der Waals surface area (Å²) in [4.78, 5) is 14.9. The molecule has 50 heavy (non-hydrogen) atoms. The van der Waals surface area contributed by atoms with Crippen molar-refractivity contribution in [1.29, 1.82) is 0 Å². The zero-order chi connectivity index (χ0) is 38.5. The molecule has 1 unspecified atom stereocenters. The number of benzene rings is 5. The van der Waals surface area contributed by atoms with Gasteiger partial charge in [-0.15, -0.1) is 0 Å². The summed E-state index contributed by atoms with van der Waals surface area (Å²) in [6.45, 7) is -0.860. The third-order valence-electron chi connectivity index (χ3n) is 10.3. The number of aromatic nitrogens is 7. The first-order valence-electron chi connectivity index (χ1n) is 19.5. The predicted octanol–water partition coefficient (Wildman–Crippen LogP) is 8.12. The summed E-state index contributed by atoms with van der Waals surface area (Å²) in [5.41, 5.74) is 9.08. The van der Waals surface area contributed by atoms with Crippen LogP contribution in [0.4, 0.5) is 0 Å². The van der Waals surface area contributed by atoms with Crippen LogP contribution in [0.3, 0.4) is 0 Å². The van der Waals surface area contributed by atoms with Crippen molar-refractivity contribution in [3.05, 3.63) is 127 Å². The third kappa shape index (κ3) is 3.46. The number of nitrogens with zero attached hydrogens (tertiary/aromatic N) is 7. The number of hydrogen-bond acceptors (Lipinski definition) is 4. The lowest BCUT2D eigenvalue weighted by Crippen LogP contribution is -2.56. The highest BCUT2D eigenvalue weighted by atomic mass is 28.3. The second-order valence-electron chi connectivity index (χ2n) is 13.2. The molecule has 1 atom stereocenters. The molecular formula is C41H31N7OSi. The molecule has 0 spiro atoms. The van der Waals surface area contributed by atoms with Crippen LogP contribution in [0.25, 0.3) is 67.1 Å². The van der Waals surface area contributed by atoms with Crippen molar-refractivity contribution in [2.45, 2.75) is 26.8 Å². The van der Waals surface area contributed by atoms with E-state index in [2.05, 4.69) is 16.5 Å². The zero-order valence-corrected chi connectivity index (χ0v) is 28.0. The Kier molecular flexibility index (Phi) is 4.26. The fourth-order valence-electron chi connectivity index (χ4n) is 7.89. The van der Waals surface area contributed by atoms with Crippen molar-refractivity contribution in [2.75, 3.05) is 0 Å². The molecule has 0 aliphatic carbocycles. The summed E-state index contributed by atoms with van der Waals surface area (Å²) in [6, 6.07) is 34.8. The van der Waals surface area contributed by atoms with Crippen LogP contribution in [0, 0.1) is 13.8 Å². The molecule has 10 aromatic rings. The van der Waals surface area contributed by atoms with Gasteiger partial charge in [0.2, 0.25) is 17.4 Å². The van der Waals surface area contributed by atoms with Gasteiger partial charge in [-0.3, -0.25) is 17.9 Å². The van der Waals surface area contributed by atoms with Crippen LogP contribution in [-0.2, 0) is 0 Å². The Bertz CT molecular complexity index is 3320. The number of hydrogen-bond donors (Lipinski definition) is 0. The van der Waals surface area contributed by atoms with Crippen LogP contribution < -0.4 is 15.1 Å². The Balaban J connectivity index is 1.15. The second kappa shape index (κ2) is 9.49. The number of pyridine rings is 1. The van der Waals surface area contributed by atoms with Crippen molar-refractivity contribution in [2.24, 2.45) is 0 Å². The molecule has 240 valence electrons. The van der Waals surface area contributed by atoms with E-state index in [1.165, 1.54) is 0 Å². The van der Waals surface area contributed by atoms with E-state index in [1.807, 2.05) is 112 Å². The molecule has 8 nitrogen and oxygen atoms in total. The van der Waals surface area contributed by atoms with Gasteiger partial charge < -0.3 is 4.74 Å². The lowest BCUT2D eigenvalue weighted by atomic mass is 10.2. The van der Waals surface area contributed by atoms with Crippen LogP contribution in [0.2, 0.25) is 13.0 Å². The van der Waals surface area contributed by atoms with Gasteiger partial charge in [-0.2, -0.15) is 0 Å². The van der Waals surface area contributed by atoms with Crippen LogP contribution in [0.5, 0.6) is 11.6 Å². The van der Waals surface area contributed by atoms with Crippen molar-refractivity contribution in [3.8, 4) is 23.0 Å². The highest BCUT2D eigenvalue weighted by Gasteiger charge is 2.38. The Labute approximate surface area is 295 Å². The van der Waals surface area contributed by atoms with Gasteiger partial charge in [0.1, 0.15) is 13.8 Å². The Morgan fingerprint density at radius 1 is 0.620 bits per heavy atom. The van der Waals surface area contributed by atoms with Crippen molar-refractivity contribution >= 4 is 74.1 Å². The third-order valence-corrected chi connectivity index (χ3v) is 13.2. The van der Waals surface area contributed by atoms with Gasteiger partial charge in [-0.05, 0) is 90.8 Å². The first kappa shape index (κ1) is 22.4. The van der Waals surface area contributed by atoms with Gasteiger partial charge in [0.25, 0.3) is 0 Å². The van der Waals surface area contributed by atoms with Crippen molar-refractivity contribution in [1.82, 2.24) is 32.9 Å². The molecule has 1 aliphatic heterocycles. The molecule has 0 saturated carbocycles. The second-order valence-corrected chi connectivity index (χ2v) is 16.5. The molecule has 0 amide bonds. The zero-order valence-electron chi connectivity index (χ0n) is 33.0. The van der Waals surface area contributed by atoms with E-state index in [9.17, 15) is 0 Å². The van der Waals surface area contributed by atoms with Crippen molar-refractivity contribution < 1.29 is 13.0 Å². The minimum Gasteiger partial charge on any atom is -0.439 e. The number of para-hydroxylation sites is 6. The van der Waals surface area contributed by atoms with Crippen LogP contribution in [0.1, 0.15) is 19.4 Å². The van der Waals surface area contributed by atoms with E-state index >= 15 is 0 Å². The molecule has 5 aromatic heterocycles. The summed E-state index contributed by atoms with van der Waals surface area (Å²) in [7, 11) is -3.69. The largest absolute Gasteiger partial charge is 0.439 e. The number of rotatable bonds is 2. The Hall–Kier alpha value is -6.19. The standard InChI is InChI=1S/C41H31N7OSi/c1-24-11-9-17-32-37(24)43-40-45(28-13-5-7-15-30(28)47(32)40)26-19-20-34-35(21-26)50(3,4)36-22-27(23-42-39(36)49-34)46-29-14-6-8-16-31(29)48-33-18-10-12-25(2)38(33)44-41(46)48/h5-23H,1-4H3/i1D3,3D3. The van der Waals surface area contributed by atoms with E-state index in [4.69, 9.17) is 27.9 Å². The predicted molar refractivity (Wildman–Crippen MR) is 203 cm³/mol. The van der Waals surface area contributed by atoms with E-state index in [1.54, 1.807) is 18.3 Å². The summed E-state index contributed by atoms with van der Waals surface area (Å²) in [5, 5.41) is 1.15. The topological polar surface area (TPSA) is 66.6 Å². The highest BCUT2D eigenvalue weighted by Crippen LogP contribution is 2.35. The number of ether oxygens (including phenoxy) is 1. The van der Waals surface area contributed by atoms with E-state index in [0.29, 0.717) is 50.1 Å². The van der Waals surface area contributed by atoms with Gasteiger partial charge in [-0.1, -0.05) is 61.6 Å². The van der Waals surface area contributed by atoms with Crippen LogP contribution >= 0.6 is 0 Å². The van der Waals surface area contributed by atoms with Gasteiger partial charge in [-0.25, -0.2) is 15.0 Å². The highest BCUT2D eigenvalue weighted by molar-refractivity contribution is 7.01. The maximum atomic E-state index is 9.16. The van der Waals surface area contributed by atoms with E-state index < -0.39 is 21.4 Å². The molecule has 9 heteroatoms. The first-order chi connectivity index (χ1) is 26.8. The molecular weight excluding hydrogens is 635 g/mol. The maximum Gasteiger partial charge on any atom is 0.220 e. The SMILES string of the molecule is [2H]C([2H])([2H])c1cccc2c1nc1n(-c3ccc4c(c3)[Si](C)(C([2H])([2H])[2H])c3cc(-n5c6ccccc6n6c7cccc(C)c7nc56)cnc3O4)c3ccccc3n21. The Morgan fingerprint density at radius 3 is 1.86 bits per heavy atom. The molecule has 11 rings (SSSR count). The monoisotopic (exact) mass is 671 g/mol. The van der Waals surface area contributed by atoms with E-state index in [0.717, 1.165) is 38.7 Å². The fourth-order valence-corrected chi connectivity index (χ4v) is 10.2. The summed E-state index contributed by atoms with van der Waals surface area (Å²) < 4.78 is 66.7. The molecule has 0 N–H and O–H groups in total. The molecule has 0 fully saturated rings. The van der Waals surface area contributed by atoms with Gasteiger partial charge in [0, 0.05) is 19.1 Å². The number of aryl methyl sites for hydroxylation is 2. The molecule has 1 aliphatic rings. The molecule has 0 saturated heterocycles.